The number of benzene rings is 1. The van der Waals surface area contributed by atoms with Gasteiger partial charge in [0.25, 0.3) is 0 Å². The van der Waals surface area contributed by atoms with Crippen molar-refractivity contribution in [3.63, 3.8) is 0 Å². The molecule has 2 rings (SSSR count). The Labute approximate surface area is 147 Å². The fraction of sp³-hybridized carbons (Fsp3) is 0.533. The SMILES string of the molecule is CN(Cc1cccc(Cl)c1Cl)C(=S)NCCN1CCOCC1. The van der Waals surface area contributed by atoms with Gasteiger partial charge in [-0.15, -0.1) is 0 Å². The van der Waals surface area contributed by atoms with E-state index >= 15 is 0 Å². The van der Waals surface area contributed by atoms with Gasteiger partial charge < -0.3 is 15.0 Å². The number of thiocarbonyl (C=S) groups is 1. The van der Waals surface area contributed by atoms with Crippen LogP contribution >= 0.6 is 35.4 Å². The Kier molecular flexibility index (Phi) is 7.18. The number of morpholine rings is 1. The molecule has 0 radical (unpaired) electrons. The number of hydrogen-bond acceptors (Lipinski definition) is 3. The van der Waals surface area contributed by atoms with Crippen molar-refractivity contribution in [3.05, 3.63) is 33.8 Å². The topological polar surface area (TPSA) is 27.7 Å². The molecule has 7 heteroatoms. The first-order chi connectivity index (χ1) is 10.6. The summed E-state index contributed by atoms with van der Waals surface area (Å²) in [5.41, 5.74) is 0.967. The highest BCUT2D eigenvalue weighted by molar-refractivity contribution is 7.80. The number of hydrogen-bond donors (Lipinski definition) is 1. The highest BCUT2D eigenvalue weighted by atomic mass is 35.5. The van der Waals surface area contributed by atoms with Crippen LogP contribution in [-0.2, 0) is 11.3 Å². The van der Waals surface area contributed by atoms with Gasteiger partial charge in [-0.2, -0.15) is 0 Å². The van der Waals surface area contributed by atoms with Gasteiger partial charge in [-0.05, 0) is 23.8 Å². The van der Waals surface area contributed by atoms with Crippen molar-refractivity contribution in [3.8, 4) is 0 Å². The van der Waals surface area contributed by atoms with Crippen molar-refractivity contribution >= 4 is 40.5 Å². The Bertz CT molecular complexity index is 510. The van der Waals surface area contributed by atoms with E-state index in [2.05, 4.69) is 10.2 Å². The van der Waals surface area contributed by atoms with E-state index in [1.54, 1.807) is 6.07 Å². The fourth-order valence-corrected chi connectivity index (χ4v) is 2.83. The maximum absolute atomic E-state index is 6.21. The molecular formula is C15H21Cl2N3OS. The quantitative estimate of drug-likeness (QED) is 0.813. The zero-order valence-corrected chi connectivity index (χ0v) is 15.0. The Hall–Kier alpha value is -0.590. The van der Waals surface area contributed by atoms with Gasteiger partial charge >= 0.3 is 0 Å². The summed E-state index contributed by atoms with van der Waals surface area (Å²) in [5.74, 6) is 0. The summed E-state index contributed by atoms with van der Waals surface area (Å²) in [5, 5.41) is 5.15. The molecule has 1 heterocycles. The van der Waals surface area contributed by atoms with E-state index in [9.17, 15) is 0 Å². The molecule has 0 spiro atoms. The zero-order chi connectivity index (χ0) is 15.9. The summed E-state index contributed by atoms with van der Waals surface area (Å²) in [7, 11) is 1.95. The highest BCUT2D eigenvalue weighted by Crippen LogP contribution is 2.26. The average Bonchev–Trinajstić information content (AvgIpc) is 2.52. The minimum atomic E-state index is 0.568. The molecule has 1 aliphatic rings. The number of nitrogens with one attached hydrogen (secondary N) is 1. The van der Waals surface area contributed by atoms with Crippen LogP contribution in [0.1, 0.15) is 5.56 Å². The summed E-state index contributed by atoms with van der Waals surface area (Å²) in [4.78, 5) is 4.33. The molecule has 1 N–H and O–H groups in total. The van der Waals surface area contributed by atoms with E-state index < -0.39 is 0 Å². The molecule has 1 aliphatic heterocycles. The van der Waals surface area contributed by atoms with Gasteiger partial charge in [-0.1, -0.05) is 35.3 Å². The summed E-state index contributed by atoms with van der Waals surface area (Å²) in [6.45, 7) is 6.03. The van der Waals surface area contributed by atoms with E-state index in [-0.39, 0.29) is 0 Å². The molecule has 0 amide bonds. The predicted molar refractivity (Wildman–Crippen MR) is 95.8 cm³/mol. The minimum absolute atomic E-state index is 0.568. The van der Waals surface area contributed by atoms with E-state index in [4.69, 9.17) is 40.2 Å². The van der Waals surface area contributed by atoms with Crippen LogP contribution in [0.25, 0.3) is 0 Å². The summed E-state index contributed by atoms with van der Waals surface area (Å²) in [6, 6.07) is 5.64. The second kappa shape index (κ2) is 8.89. The van der Waals surface area contributed by atoms with Crippen molar-refractivity contribution in [1.29, 1.82) is 0 Å². The van der Waals surface area contributed by atoms with Crippen LogP contribution in [0, 0.1) is 0 Å². The first-order valence-electron chi connectivity index (χ1n) is 7.30. The molecule has 0 saturated carbocycles. The van der Waals surface area contributed by atoms with E-state index in [0.717, 1.165) is 45.0 Å². The second-order valence-electron chi connectivity index (χ2n) is 5.25. The van der Waals surface area contributed by atoms with Crippen molar-refractivity contribution in [1.82, 2.24) is 15.1 Å². The normalized spacial score (nSPS) is 15.6. The molecule has 0 atom stereocenters. The lowest BCUT2D eigenvalue weighted by molar-refractivity contribution is 0.0389. The Morgan fingerprint density at radius 2 is 2.09 bits per heavy atom. The largest absolute Gasteiger partial charge is 0.379 e. The molecular weight excluding hydrogens is 341 g/mol. The summed E-state index contributed by atoms with van der Waals surface area (Å²) in [6.07, 6.45) is 0. The van der Waals surface area contributed by atoms with Crippen LogP contribution in [0.5, 0.6) is 0 Å². The third-order valence-corrected chi connectivity index (χ3v) is 4.91. The Balaban J connectivity index is 1.75. The van der Waals surface area contributed by atoms with Gasteiger partial charge in [0.05, 0.1) is 23.3 Å². The van der Waals surface area contributed by atoms with Crippen molar-refractivity contribution < 1.29 is 4.74 Å². The molecule has 122 valence electrons. The highest BCUT2D eigenvalue weighted by Gasteiger charge is 2.12. The number of nitrogens with zero attached hydrogens (tertiary/aromatic N) is 2. The fourth-order valence-electron chi connectivity index (χ4n) is 2.28. The lowest BCUT2D eigenvalue weighted by Crippen LogP contribution is -2.43. The molecule has 1 aromatic rings. The van der Waals surface area contributed by atoms with Crippen LogP contribution < -0.4 is 5.32 Å². The van der Waals surface area contributed by atoms with Crippen molar-refractivity contribution in [2.45, 2.75) is 6.54 Å². The molecule has 0 aliphatic carbocycles. The van der Waals surface area contributed by atoms with Gasteiger partial charge in [-0.3, -0.25) is 4.90 Å². The Morgan fingerprint density at radius 3 is 2.82 bits per heavy atom. The van der Waals surface area contributed by atoms with Gasteiger partial charge in [0.2, 0.25) is 0 Å². The predicted octanol–water partition coefficient (Wildman–Crippen LogP) is 2.63. The molecule has 0 aromatic heterocycles. The van der Waals surface area contributed by atoms with Crippen LogP contribution in [0.4, 0.5) is 0 Å². The van der Waals surface area contributed by atoms with Crippen molar-refractivity contribution in [2.24, 2.45) is 0 Å². The lowest BCUT2D eigenvalue weighted by atomic mass is 10.2. The van der Waals surface area contributed by atoms with Crippen LogP contribution in [0.2, 0.25) is 10.0 Å². The van der Waals surface area contributed by atoms with E-state index in [0.29, 0.717) is 21.7 Å². The molecule has 1 saturated heterocycles. The van der Waals surface area contributed by atoms with Crippen LogP contribution in [0.3, 0.4) is 0 Å². The smallest absolute Gasteiger partial charge is 0.169 e. The number of halogens is 2. The second-order valence-corrected chi connectivity index (χ2v) is 6.43. The molecule has 22 heavy (non-hydrogen) atoms. The maximum Gasteiger partial charge on any atom is 0.169 e. The standard InChI is InChI=1S/C15H21Cl2N3OS/c1-19(11-12-3-2-4-13(16)14(12)17)15(22)18-5-6-20-7-9-21-10-8-20/h2-4H,5-11H2,1H3,(H,18,22). The average molecular weight is 362 g/mol. The van der Waals surface area contributed by atoms with Gasteiger partial charge in [-0.25, -0.2) is 0 Å². The number of ether oxygens (including phenoxy) is 1. The third kappa shape index (κ3) is 5.25. The molecule has 1 aromatic carbocycles. The lowest BCUT2D eigenvalue weighted by Gasteiger charge is -2.27. The first kappa shape index (κ1) is 17.8. The van der Waals surface area contributed by atoms with Gasteiger partial charge in [0.15, 0.2) is 5.11 Å². The van der Waals surface area contributed by atoms with Gasteiger partial charge in [0, 0.05) is 39.8 Å². The Morgan fingerprint density at radius 1 is 1.36 bits per heavy atom. The monoisotopic (exact) mass is 361 g/mol. The van der Waals surface area contributed by atoms with Crippen molar-refractivity contribution in [2.75, 3.05) is 46.4 Å². The third-order valence-electron chi connectivity index (χ3n) is 3.59. The summed E-state index contributed by atoms with van der Waals surface area (Å²) >= 11 is 17.7. The van der Waals surface area contributed by atoms with Crippen LogP contribution in [0.15, 0.2) is 18.2 Å². The number of rotatable bonds is 5. The molecule has 0 unspecified atom stereocenters. The van der Waals surface area contributed by atoms with Gasteiger partial charge in [0.1, 0.15) is 0 Å². The van der Waals surface area contributed by atoms with Crippen LogP contribution in [-0.4, -0.2) is 61.4 Å². The zero-order valence-electron chi connectivity index (χ0n) is 12.6. The minimum Gasteiger partial charge on any atom is -0.379 e. The van der Waals surface area contributed by atoms with E-state index in [1.165, 1.54) is 0 Å². The van der Waals surface area contributed by atoms with E-state index in [1.807, 2.05) is 24.1 Å². The maximum atomic E-state index is 6.21. The first-order valence-corrected chi connectivity index (χ1v) is 8.46. The molecule has 4 nitrogen and oxygen atoms in total. The summed E-state index contributed by atoms with van der Waals surface area (Å²) < 4.78 is 5.33. The molecule has 1 fully saturated rings. The molecule has 0 bridgehead atoms.